The zero-order valence-corrected chi connectivity index (χ0v) is 11.0. The van der Waals surface area contributed by atoms with Crippen molar-refractivity contribution in [3.05, 3.63) is 22.3 Å². The van der Waals surface area contributed by atoms with Gasteiger partial charge < -0.3 is 10.0 Å². The highest BCUT2D eigenvalue weighted by molar-refractivity contribution is 9.10. The van der Waals surface area contributed by atoms with Gasteiger partial charge in [0, 0.05) is 18.8 Å². The molecular formula is C11H17BrN2O. The molecule has 1 rings (SSSR count). The number of rotatable bonds is 4. The average molecular weight is 273 g/mol. The van der Waals surface area contributed by atoms with Gasteiger partial charge in [0.1, 0.15) is 5.82 Å². The van der Waals surface area contributed by atoms with Crippen molar-refractivity contribution >= 4 is 21.7 Å². The molecular weight excluding hydrogens is 256 g/mol. The molecule has 0 aliphatic carbocycles. The molecule has 0 unspecified atom stereocenters. The highest BCUT2D eigenvalue weighted by atomic mass is 79.9. The smallest absolute Gasteiger partial charge is 0.143 e. The Hall–Kier alpha value is -0.610. The molecule has 84 valence electrons. The van der Waals surface area contributed by atoms with Gasteiger partial charge in [-0.05, 0) is 48.3 Å². The number of pyridine rings is 1. The van der Waals surface area contributed by atoms with Crippen molar-refractivity contribution in [3.63, 3.8) is 0 Å². The number of aromatic nitrogens is 1. The summed E-state index contributed by atoms with van der Waals surface area (Å²) < 4.78 is 1.01. The monoisotopic (exact) mass is 272 g/mol. The highest BCUT2D eigenvalue weighted by Gasteiger charge is 2.15. The molecule has 0 aromatic carbocycles. The molecule has 0 aliphatic rings. The summed E-state index contributed by atoms with van der Waals surface area (Å²) in [6.45, 7) is 6.96. The average Bonchev–Trinajstić information content (AvgIpc) is 2.19. The maximum atomic E-state index is 9.02. The SMILES string of the molecule is Cc1ccnc(N(CCO)C(C)C)c1Br. The first-order chi connectivity index (χ1) is 7.07. The lowest BCUT2D eigenvalue weighted by Crippen LogP contribution is -2.34. The lowest BCUT2D eigenvalue weighted by Gasteiger charge is -2.28. The largest absolute Gasteiger partial charge is 0.395 e. The van der Waals surface area contributed by atoms with Crippen LogP contribution >= 0.6 is 15.9 Å². The van der Waals surface area contributed by atoms with Crippen molar-refractivity contribution < 1.29 is 5.11 Å². The van der Waals surface area contributed by atoms with Crippen LogP contribution in [0.5, 0.6) is 0 Å². The summed E-state index contributed by atoms with van der Waals surface area (Å²) in [5.74, 6) is 0.902. The van der Waals surface area contributed by atoms with Gasteiger partial charge in [-0.2, -0.15) is 0 Å². The molecule has 1 aromatic heterocycles. The van der Waals surface area contributed by atoms with Crippen molar-refractivity contribution in [2.24, 2.45) is 0 Å². The van der Waals surface area contributed by atoms with E-state index in [1.807, 2.05) is 13.0 Å². The molecule has 4 heteroatoms. The molecule has 0 saturated heterocycles. The Morgan fingerprint density at radius 2 is 2.20 bits per heavy atom. The molecule has 0 atom stereocenters. The van der Waals surface area contributed by atoms with E-state index in [-0.39, 0.29) is 6.61 Å². The molecule has 3 nitrogen and oxygen atoms in total. The fraction of sp³-hybridized carbons (Fsp3) is 0.545. The number of hydrogen-bond acceptors (Lipinski definition) is 3. The molecule has 0 saturated carbocycles. The van der Waals surface area contributed by atoms with E-state index < -0.39 is 0 Å². The van der Waals surface area contributed by atoms with Crippen LogP contribution in [0.1, 0.15) is 19.4 Å². The highest BCUT2D eigenvalue weighted by Crippen LogP contribution is 2.27. The van der Waals surface area contributed by atoms with E-state index in [1.165, 1.54) is 0 Å². The van der Waals surface area contributed by atoms with E-state index in [0.717, 1.165) is 15.9 Å². The first-order valence-electron chi connectivity index (χ1n) is 5.06. The summed E-state index contributed by atoms with van der Waals surface area (Å²) in [7, 11) is 0. The second kappa shape index (κ2) is 5.47. The van der Waals surface area contributed by atoms with Crippen LogP contribution in [0.15, 0.2) is 16.7 Å². The normalized spacial score (nSPS) is 10.8. The van der Waals surface area contributed by atoms with Crippen LogP contribution in [0.25, 0.3) is 0 Å². The summed E-state index contributed by atoms with van der Waals surface area (Å²) in [6, 6.07) is 2.29. The van der Waals surface area contributed by atoms with Crippen molar-refractivity contribution in [3.8, 4) is 0 Å². The van der Waals surface area contributed by atoms with Crippen LogP contribution in [0, 0.1) is 6.92 Å². The fourth-order valence-electron chi connectivity index (χ4n) is 1.44. The molecule has 0 spiro atoms. The zero-order valence-electron chi connectivity index (χ0n) is 9.37. The van der Waals surface area contributed by atoms with E-state index in [1.54, 1.807) is 6.20 Å². The first-order valence-corrected chi connectivity index (χ1v) is 5.85. The summed E-state index contributed by atoms with van der Waals surface area (Å²) >= 11 is 3.53. The number of nitrogens with zero attached hydrogens (tertiary/aromatic N) is 2. The molecule has 15 heavy (non-hydrogen) atoms. The van der Waals surface area contributed by atoms with Crippen molar-refractivity contribution in [2.75, 3.05) is 18.1 Å². The first kappa shape index (κ1) is 12.5. The predicted octanol–water partition coefficient (Wildman–Crippen LogP) is 2.36. The topological polar surface area (TPSA) is 36.4 Å². The summed E-state index contributed by atoms with van der Waals surface area (Å²) in [5.41, 5.74) is 1.16. The lowest BCUT2D eigenvalue weighted by molar-refractivity contribution is 0.298. The molecule has 0 bridgehead atoms. The van der Waals surface area contributed by atoms with Gasteiger partial charge in [0.25, 0.3) is 0 Å². The summed E-state index contributed by atoms with van der Waals surface area (Å²) in [4.78, 5) is 6.43. The van der Waals surface area contributed by atoms with Crippen LogP contribution < -0.4 is 4.90 Å². The van der Waals surface area contributed by atoms with E-state index >= 15 is 0 Å². The molecule has 1 aromatic rings. The minimum Gasteiger partial charge on any atom is -0.395 e. The van der Waals surface area contributed by atoms with Crippen LogP contribution in [-0.4, -0.2) is 29.3 Å². The van der Waals surface area contributed by atoms with Gasteiger partial charge in [0.2, 0.25) is 0 Å². The lowest BCUT2D eigenvalue weighted by atomic mass is 10.2. The zero-order chi connectivity index (χ0) is 11.4. The molecule has 0 fully saturated rings. The minimum absolute atomic E-state index is 0.139. The number of halogens is 1. The molecule has 0 radical (unpaired) electrons. The van der Waals surface area contributed by atoms with Gasteiger partial charge >= 0.3 is 0 Å². The molecule has 1 N–H and O–H groups in total. The maximum Gasteiger partial charge on any atom is 0.143 e. The van der Waals surface area contributed by atoms with E-state index in [4.69, 9.17) is 5.11 Å². The second-order valence-electron chi connectivity index (χ2n) is 3.78. The number of aryl methyl sites for hydroxylation is 1. The van der Waals surface area contributed by atoms with Gasteiger partial charge in [0.05, 0.1) is 11.1 Å². The van der Waals surface area contributed by atoms with E-state index in [2.05, 4.69) is 39.7 Å². The van der Waals surface area contributed by atoms with Gasteiger partial charge in [-0.1, -0.05) is 0 Å². The quantitative estimate of drug-likeness (QED) is 0.914. The predicted molar refractivity (Wildman–Crippen MR) is 66.2 cm³/mol. The summed E-state index contributed by atoms with van der Waals surface area (Å²) in [5, 5.41) is 9.02. The standard InChI is InChI=1S/C11H17BrN2O/c1-8(2)14(6-7-15)11-10(12)9(3)4-5-13-11/h4-5,8,15H,6-7H2,1-3H3. The summed E-state index contributed by atoms with van der Waals surface area (Å²) in [6.07, 6.45) is 1.79. The van der Waals surface area contributed by atoms with Gasteiger partial charge in [0.15, 0.2) is 0 Å². The second-order valence-corrected chi connectivity index (χ2v) is 4.57. The third-order valence-corrected chi connectivity index (χ3v) is 3.28. The third kappa shape index (κ3) is 2.92. The van der Waals surface area contributed by atoms with Crippen molar-refractivity contribution in [1.82, 2.24) is 4.98 Å². The van der Waals surface area contributed by atoms with Gasteiger partial charge in [-0.25, -0.2) is 4.98 Å². The number of hydrogen-bond donors (Lipinski definition) is 1. The minimum atomic E-state index is 0.139. The van der Waals surface area contributed by atoms with E-state index in [9.17, 15) is 0 Å². The Kier molecular flexibility index (Phi) is 4.54. The molecule has 0 aliphatic heterocycles. The number of anilines is 1. The van der Waals surface area contributed by atoms with Crippen molar-refractivity contribution in [1.29, 1.82) is 0 Å². The molecule has 1 heterocycles. The Balaban J connectivity index is 3.05. The Morgan fingerprint density at radius 3 is 2.73 bits per heavy atom. The van der Waals surface area contributed by atoms with Gasteiger partial charge in [-0.3, -0.25) is 0 Å². The maximum absolute atomic E-state index is 9.02. The van der Waals surface area contributed by atoms with Crippen LogP contribution in [0.3, 0.4) is 0 Å². The van der Waals surface area contributed by atoms with E-state index in [0.29, 0.717) is 12.6 Å². The Morgan fingerprint density at radius 1 is 1.53 bits per heavy atom. The van der Waals surface area contributed by atoms with Crippen LogP contribution in [0.4, 0.5) is 5.82 Å². The van der Waals surface area contributed by atoms with Crippen LogP contribution in [0.2, 0.25) is 0 Å². The molecule has 0 amide bonds. The number of aliphatic hydroxyl groups is 1. The van der Waals surface area contributed by atoms with Crippen molar-refractivity contribution in [2.45, 2.75) is 26.8 Å². The Labute approximate surface area is 99.3 Å². The Bertz CT molecular complexity index is 328. The number of aliphatic hydroxyl groups excluding tert-OH is 1. The van der Waals surface area contributed by atoms with Gasteiger partial charge in [-0.15, -0.1) is 0 Å². The third-order valence-electron chi connectivity index (χ3n) is 2.30. The fourth-order valence-corrected chi connectivity index (χ4v) is 1.90. The van der Waals surface area contributed by atoms with Crippen LogP contribution in [-0.2, 0) is 0 Å².